The van der Waals surface area contributed by atoms with Crippen molar-refractivity contribution in [1.29, 1.82) is 0 Å². The summed E-state index contributed by atoms with van der Waals surface area (Å²) in [6.45, 7) is 10.1. The quantitative estimate of drug-likeness (QED) is 0.690. The van der Waals surface area contributed by atoms with Gasteiger partial charge in [-0.25, -0.2) is 15.0 Å². The van der Waals surface area contributed by atoms with Gasteiger partial charge in [0, 0.05) is 36.5 Å². The molecule has 1 aliphatic heterocycles. The molecule has 30 heavy (non-hydrogen) atoms. The lowest BCUT2D eigenvalue weighted by Crippen LogP contribution is -2.36. The predicted molar refractivity (Wildman–Crippen MR) is 119 cm³/mol. The van der Waals surface area contributed by atoms with Crippen LogP contribution in [0.15, 0.2) is 30.6 Å². The second-order valence-electron chi connectivity index (χ2n) is 8.92. The van der Waals surface area contributed by atoms with Crippen molar-refractivity contribution in [3.63, 3.8) is 0 Å². The largest absolute Gasteiger partial charge is 0.353 e. The van der Waals surface area contributed by atoms with Gasteiger partial charge in [0.15, 0.2) is 17.0 Å². The van der Waals surface area contributed by atoms with Crippen molar-refractivity contribution in [3.8, 4) is 0 Å². The number of aromatic nitrogens is 4. The molecule has 0 radical (unpaired) electrons. The van der Waals surface area contributed by atoms with E-state index in [2.05, 4.69) is 40.5 Å². The van der Waals surface area contributed by atoms with E-state index in [0.717, 1.165) is 52.9 Å². The van der Waals surface area contributed by atoms with Crippen molar-refractivity contribution < 1.29 is 4.79 Å². The number of hydrogen-bond acceptors (Lipinski definition) is 5. The Bertz CT molecular complexity index is 1070. The van der Waals surface area contributed by atoms with Crippen LogP contribution >= 0.6 is 11.6 Å². The van der Waals surface area contributed by atoms with Crippen LogP contribution in [0.2, 0.25) is 5.02 Å². The molecule has 1 unspecified atom stereocenters. The van der Waals surface area contributed by atoms with Gasteiger partial charge in [0.1, 0.15) is 5.82 Å². The fourth-order valence-corrected chi connectivity index (χ4v) is 3.87. The van der Waals surface area contributed by atoms with Crippen molar-refractivity contribution in [1.82, 2.24) is 24.8 Å². The fraction of sp³-hybridized carbons (Fsp3) is 0.455. The lowest BCUT2D eigenvalue weighted by atomic mass is 9.96. The van der Waals surface area contributed by atoms with Crippen molar-refractivity contribution in [2.45, 2.75) is 52.1 Å². The minimum absolute atomic E-state index is 0.00249. The molecule has 0 bridgehead atoms. The van der Waals surface area contributed by atoms with Crippen LogP contribution in [0, 0.1) is 0 Å². The third kappa shape index (κ3) is 4.26. The topological polar surface area (TPSA) is 75.9 Å². The van der Waals surface area contributed by atoms with Gasteiger partial charge in [-0.2, -0.15) is 0 Å². The van der Waals surface area contributed by atoms with Gasteiger partial charge in [0.05, 0.1) is 12.9 Å². The molecule has 1 aliphatic rings. The summed E-state index contributed by atoms with van der Waals surface area (Å²) in [4.78, 5) is 28.1. The first-order valence-corrected chi connectivity index (χ1v) is 10.6. The number of nitrogens with one attached hydrogen (secondary N) is 1. The maximum atomic E-state index is 11.5. The summed E-state index contributed by atoms with van der Waals surface area (Å²) in [7, 11) is 0. The van der Waals surface area contributed by atoms with Gasteiger partial charge in [-0.1, -0.05) is 44.5 Å². The molecule has 7 nitrogen and oxygen atoms in total. The van der Waals surface area contributed by atoms with Crippen LogP contribution in [0.1, 0.15) is 45.5 Å². The number of hydrogen-bond donors (Lipinski definition) is 1. The van der Waals surface area contributed by atoms with E-state index in [0.29, 0.717) is 6.54 Å². The number of fused-ring (bicyclic) bond motifs is 1. The first kappa shape index (κ1) is 20.6. The van der Waals surface area contributed by atoms with E-state index in [4.69, 9.17) is 21.6 Å². The molecular weight excluding hydrogens is 400 g/mol. The van der Waals surface area contributed by atoms with E-state index >= 15 is 0 Å². The third-order valence-electron chi connectivity index (χ3n) is 5.28. The molecule has 1 saturated heterocycles. The van der Waals surface area contributed by atoms with Crippen LogP contribution in [-0.2, 0) is 16.8 Å². The molecule has 1 amide bonds. The Balaban J connectivity index is 1.74. The summed E-state index contributed by atoms with van der Waals surface area (Å²) in [5, 5.41) is 3.74. The second kappa shape index (κ2) is 7.87. The smallest absolute Gasteiger partial charge is 0.217 e. The van der Waals surface area contributed by atoms with Crippen LogP contribution in [0.3, 0.4) is 0 Å². The first-order valence-electron chi connectivity index (χ1n) is 10.2. The van der Waals surface area contributed by atoms with Gasteiger partial charge < -0.3 is 14.8 Å². The number of imidazole rings is 1. The highest BCUT2D eigenvalue weighted by atomic mass is 35.5. The van der Waals surface area contributed by atoms with Gasteiger partial charge in [0.25, 0.3) is 0 Å². The highest BCUT2D eigenvalue weighted by molar-refractivity contribution is 6.30. The van der Waals surface area contributed by atoms with Gasteiger partial charge in [0.2, 0.25) is 5.91 Å². The third-order valence-corrected chi connectivity index (χ3v) is 5.53. The Hall–Kier alpha value is -2.67. The summed E-state index contributed by atoms with van der Waals surface area (Å²) < 4.78 is 2.06. The number of amides is 1. The fourth-order valence-electron chi connectivity index (χ4n) is 3.75. The summed E-state index contributed by atoms with van der Waals surface area (Å²) in [5.41, 5.74) is 2.54. The van der Waals surface area contributed by atoms with E-state index in [9.17, 15) is 4.79 Å². The van der Waals surface area contributed by atoms with E-state index in [-0.39, 0.29) is 17.4 Å². The molecule has 1 atom stereocenters. The molecule has 0 spiro atoms. The van der Waals surface area contributed by atoms with Crippen LogP contribution in [0.5, 0.6) is 0 Å². The minimum atomic E-state index is -0.199. The van der Waals surface area contributed by atoms with Gasteiger partial charge in [-0.05, 0) is 24.1 Å². The zero-order chi connectivity index (χ0) is 21.5. The summed E-state index contributed by atoms with van der Waals surface area (Å²) in [6.07, 6.45) is 2.71. The standard InChI is InChI=1S/C22H27ClN6O/c1-14(30)25-17-9-10-28(12-17)19-18-20(27-21(26-19)22(2,3)4)29(13-24-18)11-15-5-7-16(23)8-6-15/h5-8,13,17H,9-12H2,1-4H3,(H,25,30). The number of rotatable bonds is 4. The van der Waals surface area contributed by atoms with E-state index < -0.39 is 0 Å². The van der Waals surface area contributed by atoms with Crippen molar-refractivity contribution in [2.75, 3.05) is 18.0 Å². The van der Waals surface area contributed by atoms with Crippen molar-refractivity contribution >= 4 is 34.5 Å². The van der Waals surface area contributed by atoms with Gasteiger partial charge in [-0.3, -0.25) is 4.79 Å². The van der Waals surface area contributed by atoms with Crippen LogP contribution in [0.4, 0.5) is 5.82 Å². The SMILES string of the molecule is CC(=O)NC1CCN(c2nc(C(C)(C)C)nc3c2ncn3Cc2ccc(Cl)cc2)C1. The number of benzene rings is 1. The van der Waals surface area contributed by atoms with E-state index in [1.54, 1.807) is 6.92 Å². The highest BCUT2D eigenvalue weighted by Gasteiger charge is 2.29. The predicted octanol–water partition coefficient (Wildman–Crippen LogP) is 3.54. The number of halogens is 1. The van der Waals surface area contributed by atoms with Crippen LogP contribution in [-0.4, -0.2) is 44.6 Å². The molecule has 8 heteroatoms. The Morgan fingerprint density at radius 1 is 1.23 bits per heavy atom. The first-order chi connectivity index (χ1) is 14.2. The van der Waals surface area contributed by atoms with Gasteiger partial charge in [-0.15, -0.1) is 0 Å². The van der Waals surface area contributed by atoms with Crippen molar-refractivity contribution in [3.05, 3.63) is 47.0 Å². The van der Waals surface area contributed by atoms with Gasteiger partial charge >= 0.3 is 0 Å². The Labute approximate surface area is 181 Å². The number of carbonyl (C=O) groups excluding carboxylic acids is 1. The average Bonchev–Trinajstić information content (AvgIpc) is 3.29. The molecule has 1 N–H and O–H groups in total. The van der Waals surface area contributed by atoms with Crippen molar-refractivity contribution in [2.24, 2.45) is 0 Å². The molecule has 158 valence electrons. The Morgan fingerprint density at radius 3 is 2.63 bits per heavy atom. The number of anilines is 1. The average molecular weight is 427 g/mol. The lowest BCUT2D eigenvalue weighted by molar-refractivity contribution is -0.119. The Kier molecular flexibility index (Phi) is 5.40. The molecule has 1 fully saturated rings. The molecule has 4 rings (SSSR count). The molecule has 3 heterocycles. The summed E-state index contributed by atoms with van der Waals surface area (Å²) >= 11 is 6.02. The molecule has 3 aromatic rings. The monoisotopic (exact) mass is 426 g/mol. The Morgan fingerprint density at radius 2 is 1.97 bits per heavy atom. The maximum absolute atomic E-state index is 11.5. The molecule has 0 saturated carbocycles. The zero-order valence-electron chi connectivity index (χ0n) is 17.8. The van der Waals surface area contributed by atoms with Crippen LogP contribution in [0.25, 0.3) is 11.2 Å². The highest BCUT2D eigenvalue weighted by Crippen LogP contribution is 2.30. The molecular formula is C22H27ClN6O. The summed E-state index contributed by atoms with van der Waals surface area (Å²) in [6, 6.07) is 7.94. The minimum Gasteiger partial charge on any atom is -0.353 e. The normalized spacial score (nSPS) is 17.0. The van der Waals surface area contributed by atoms with E-state index in [1.807, 2.05) is 30.6 Å². The lowest BCUT2D eigenvalue weighted by Gasteiger charge is -2.22. The maximum Gasteiger partial charge on any atom is 0.217 e. The molecule has 0 aliphatic carbocycles. The molecule has 2 aromatic heterocycles. The van der Waals surface area contributed by atoms with E-state index in [1.165, 1.54) is 0 Å². The number of nitrogens with zero attached hydrogens (tertiary/aromatic N) is 5. The zero-order valence-corrected chi connectivity index (χ0v) is 18.6. The molecule has 1 aromatic carbocycles. The summed E-state index contributed by atoms with van der Waals surface area (Å²) in [5.74, 6) is 1.62. The number of carbonyl (C=O) groups is 1. The second-order valence-corrected chi connectivity index (χ2v) is 9.36. The van der Waals surface area contributed by atoms with Crippen LogP contribution < -0.4 is 10.2 Å².